The van der Waals surface area contributed by atoms with Crippen molar-refractivity contribution in [1.29, 1.82) is 0 Å². The molecule has 1 saturated heterocycles. The Bertz CT molecular complexity index is 768. The minimum atomic E-state index is -0.182. The van der Waals surface area contributed by atoms with Gasteiger partial charge in [0, 0.05) is 38.6 Å². The van der Waals surface area contributed by atoms with Crippen molar-refractivity contribution >= 4 is 5.91 Å². The number of morpholine rings is 1. The van der Waals surface area contributed by atoms with Crippen molar-refractivity contribution in [2.24, 2.45) is 7.05 Å². The van der Waals surface area contributed by atoms with Crippen LogP contribution in [0.3, 0.4) is 0 Å². The predicted molar refractivity (Wildman–Crippen MR) is 102 cm³/mol. The van der Waals surface area contributed by atoms with Crippen LogP contribution >= 0.6 is 0 Å². The lowest BCUT2D eigenvalue weighted by Gasteiger charge is -2.35. The van der Waals surface area contributed by atoms with Crippen molar-refractivity contribution in [1.82, 2.24) is 14.8 Å². The molecule has 1 N–H and O–H groups in total. The van der Waals surface area contributed by atoms with Crippen LogP contribution in [0.4, 0.5) is 0 Å². The van der Waals surface area contributed by atoms with Crippen LogP contribution in [-0.2, 0) is 11.8 Å². The maximum atomic E-state index is 12.8. The lowest BCUT2D eigenvalue weighted by molar-refractivity contribution is 0.0148. The molecule has 1 amide bonds. The molecule has 1 aromatic heterocycles. The fourth-order valence-corrected chi connectivity index (χ4v) is 3.48. The number of rotatable bonds is 7. The second-order valence-corrected chi connectivity index (χ2v) is 6.46. The first-order valence-corrected chi connectivity index (χ1v) is 9.08. The number of nitrogens with one attached hydrogen (secondary N) is 1. The second kappa shape index (κ2) is 8.92. The molecule has 0 saturated carbocycles. The van der Waals surface area contributed by atoms with Gasteiger partial charge in [-0.05, 0) is 24.3 Å². The van der Waals surface area contributed by atoms with Crippen LogP contribution in [-0.4, -0.2) is 62.4 Å². The van der Waals surface area contributed by atoms with Crippen molar-refractivity contribution in [2.45, 2.75) is 6.04 Å². The van der Waals surface area contributed by atoms with Crippen LogP contribution in [0.5, 0.6) is 11.5 Å². The summed E-state index contributed by atoms with van der Waals surface area (Å²) in [7, 11) is 5.12. The maximum absolute atomic E-state index is 12.8. The summed E-state index contributed by atoms with van der Waals surface area (Å²) in [6.07, 6.45) is 2.02. The normalized spacial score (nSPS) is 16.0. The van der Waals surface area contributed by atoms with Gasteiger partial charge < -0.3 is 24.1 Å². The summed E-state index contributed by atoms with van der Waals surface area (Å²) in [5.41, 5.74) is 1.62. The molecule has 1 aliphatic heterocycles. The third-order valence-electron chi connectivity index (χ3n) is 4.92. The summed E-state index contributed by atoms with van der Waals surface area (Å²) in [5.74, 6) is 0.801. The molecule has 146 valence electrons. The lowest BCUT2D eigenvalue weighted by atomic mass is 10.1. The van der Waals surface area contributed by atoms with Crippen molar-refractivity contribution in [3.05, 3.63) is 47.8 Å². The van der Waals surface area contributed by atoms with E-state index in [4.69, 9.17) is 14.2 Å². The Balaban J connectivity index is 1.77. The zero-order chi connectivity index (χ0) is 19.2. The predicted octanol–water partition coefficient (Wildman–Crippen LogP) is 1.85. The quantitative estimate of drug-likeness (QED) is 0.802. The summed E-state index contributed by atoms with van der Waals surface area (Å²) in [6, 6.07) is 9.49. The molecule has 0 bridgehead atoms. The molecule has 3 rings (SSSR count). The highest BCUT2D eigenvalue weighted by atomic mass is 16.5. The summed E-state index contributed by atoms with van der Waals surface area (Å²) in [4.78, 5) is 15.2. The number of benzene rings is 1. The van der Waals surface area contributed by atoms with E-state index in [9.17, 15) is 4.79 Å². The van der Waals surface area contributed by atoms with E-state index in [1.807, 2.05) is 19.3 Å². The number of methoxy groups -OCH3 is 2. The van der Waals surface area contributed by atoms with Gasteiger partial charge in [0.15, 0.2) is 11.5 Å². The number of para-hydroxylation sites is 1. The maximum Gasteiger partial charge on any atom is 0.255 e. The Morgan fingerprint density at radius 3 is 2.59 bits per heavy atom. The van der Waals surface area contributed by atoms with Crippen LogP contribution in [0.1, 0.15) is 22.1 Å². The monoisotopic (exact) mass is 373 g/mol. The number of hydrogen-bond donors (Lipinski definition) is 1. The van der Waals surface area contributed by atoms with Crippen LogP contribution in [0, 0.1) is 0 Å². The molecule has 7 heteroatoms. The van der Waals surface area contributed by atoms with E-state index in [2.05, 4.69) is 20.9 Å². The Morgan fingerprint density at radius 1 is 1.19 bits per heavy atom. The van der Waals surface area contributed by atoms with Gasteiger partial charge in [-0.15, -0.1) is 0 Å². The van der Waals surface area contributed by atoms with E-state index < -0.39 is 0 Å². The lowest BCUT2D eigenvalue weighted by Crippen LogP contribution is -2.44. The van der Waals surface area contributed by atoms with E-state index >= 15 is 0 Å². The third-order valence-corrected chi connectivity index (χ3v) is 4.92. The van der Waals surface area contributed by atoms with Gasteiger partial charge >= 0.3 is 0 Å². The van der Waals surface area contributed by atoms with Crippen molar-refractivity contribution < 1.29 is 19.0 Å². The first-order valence-electron chi connectivity index (χ1n) is 9.08. The molecule has 27 heavy (non-hydrogen) atoms. The molecular formula is C20H27N3O4. The van der Waals surface area contributed by atoms with Gasteiger partial charge in [0.1, 0.15) is 0 Å². The minimum absolute atomic E-state index is 0.0782. The molecule has 2 heterocycles. The largest absolute Gasteiger partial charge is 0.493 e. The van der Waals surface area contributed by atoms with E-state index in [0.29, 0.717) is 36.8 Å². The molecule has 7 nitrogen and oxygen atoms in total. The number of nitrogens with zero attached hydrogens (tertiary/aromatic N) is 2. The van der Waals surface area contributed by atoms with Gasteiger partial charge in [-0.3, -0.25) is 9.69 Å². The number of aromatic nitrogens is 1. The van der Waals surface area contributed by atoms with Gasteiger partial charge in [0.05, 0.1) is 39.0 Å². The molecule has 1 atom stereocenters. The van der Waals surface area contributed by atoms with E-state index in [-0.39, 0.29) is 11.9 Å². The molecule has 1 aromatic carbocycles. The van der Waals surface area contributed by atoms with E-state index in [0.717, 1.165) is 18.8 Å². The number of carbonyl (C=O) groups excluding carboxylic acids is 1. The van der Waals surface area contributed by atoms with Crippen molar-refractivity contribution in [3.8, 4) is 11.5 Å². The highest BCUT2D eigenvalue weighted by molar-refractivity contribution is 5.97. The smallest absolute Gasteiger partial charge is 0.255 e. The summed E-state index contributed by atoms with van der Waals surface area (Å²) < 4.78 is 18.3. The molecule has 0 aliphatic carbocycles. The van der Waals surface area contributed by atoms with Gasteiger partial charge in [-0.25, -0.2) is 0 Å². The van der Waals surface area contributed by atoms with Crippen molar-refractivity contribution in [2.75, 3.05) is 47.1 Å². The average molecular weight is 373 g/mol. The number of ether oxygens (including phenoxy) is 3. The number of hydrogen-bond acceptors (Lipinski definition) is 5. The zero-order valence-corrected chi connectivity index (χ0v) is 16.1. The number of amides is 1. The Morgan fingerprint density at radius 2 is 1.96 bits per heavy atom. The summed E-state index contributed by atoms with van der Waals surface area (Å²) in [5, 5.41) is 3.07. The summed E-state index contributed by atoms with van der Waals surface area (Å²) >= 11 is 0. The highest BCUT2D eigenvalue weighted by Gasteiger charge is 2.26. The van der Waals surface area contributed by atoms with Crippen LogP contribution < -0.4 is 14.8 Å². The van der Waals surface area contributed by atoms with Gasteiger partial charge in [0.2, 0.25) is 0 Å². The molecule has 0 spiro atoms. The van der Waals surface area contributed by atoms with E-state index in [1.54, 1.807) is 25.3 Å². The zero-order valence-electron chi connectivity index (χ0n) is 16.1. The Kier molecular flexibility index (Phi) is 6.36. The summed E-state index contributed by atoms with van der Waals surface area (Å²) in [6.45, 7) is 3.59. The number of aryl methyl sites for hydroxylation is 1. The third kappa shape index (κ3) is 4.26. The minimum Gasteiger partial charge on any atom is -0.493 e. The van der Waals surface area contributed by atoms with Crippen LogP contribution in [0.25, 0.3) is 0 Å². The standard InChI is InChI=1S/C20H27N3O4/c1-22-9-5-7-16(22)17(23-10-12-27-13-11-23)14-21-20(24)15-6-4-8-18(25-2)19(15)26-3/h4-9,17H,10-14H2,1-3H3,(H,21,24)/t17-/m0/s1. The molecule has 1 fully saturated rings. The molecule has 2 aromatic rings. The molecule has 0 unspecified atom stereocenters. The van der Waals surface area contributed by atoms with Gasteiger partial charge in [-0.1, -0.05) is 6.07 Å². The first kappa shape index (κ1) is 19.3. The first-order chi connectivity index (χ1) is 13.2. The fraction of sp³-hybridized carbons (Fsp3) is 0.450. The van der Waals surface area contributed by atoms with Crippen LogP contribution in [0.2, 0.25) is 0 Å². The molecule has 1 aliphatic rings. The van der Waals surface area contributed by atoms with Crippen LogP contribution in [0.15, 0.2) is 36.5 Å². The van der Waals surface area contributed by atoms with E-state index in [1.165, 1.54) is 7.11 Å². The fourth-order valence-electron chi connectivity index (χ4n) is 3.48. The van der Waals surface area contributed by atoms with Gasteiger partial charge in [0.25, 0.3) is 5.91 Å². The Labute approximate surface area is 159 Å². The van der Waals surface area contributed by atoms with Gasteiger partial charge in [-0.2, -0.15) is 0 Å². The Hall–Kier alpha value is -2.51. The topological polar surface area (TPSA) is 65.0 Å². The molecular weight excluding hydrogens is 346 g/mol. The number of carbonyl (C=O) groups is 1. The SMILES string of the molecule is COc1cccc(C(=O)NC[C@@H](c2cccn2C)N2CCOCC2)c1OC. The average Bonchev–Trinajstić information content (AvgIpc) is 3.13. The second-order valence-electron chi connectivity index (χ2n) is 6.46. The van der Waals surface area contributed by atoms with Crippen molar-refractivity contribution in [3.63, 3.8) is 0 Å². The highest BCUT2D eigenvalue weighted by Crippen LogP contribution is 2.30. The molecule has 0 radical (unpaired) electrons.